The third-order valence-corrected chi connectivity index (χ3v) is 6.58. The van der Waals surface area contributed by atoms with E-state index in [1.165, 1.54) is 7.11 Å². The molecular weight excluding hydrogens is 575 g/mol. The van der Waals surface area contributed by atoms with Crippen LogP contribution in [-0.2, 0) is 32.0 Å². The van der Waals surface area contributed by atoms with Gasteiger partial charge in [0.05, 0.1) is 24.2 Å². The minimum atomic E-state index is -1.04. The van der Waals surface area contributed by atoms with Crippen molar-refractivity contribution < 1.29 is 28.6 Å². The van der Waals surface area contributed by atoms with Gasteiger partial charge in [0.2, 0.25) is 11.8 Å². The monoisotopic (exact) mass is 600 g/mol. The molecule has 8 nitrogen and oxygen atoms in total. The third-order valence-electron chi connectivity index (χ3n) is 5.74. The highest BCUT2D eigenvalue weighted by molar-refractivity contribution is 14.1. The first-order chi connectivity index (χ1) is 17.4. The first kappa shape index (κ1) is 25.5. The maximum Gasteiger partial charge on any atom is 0.328 e. The van der Waals surface area contributed by atoms with E-state index < -0.39 is 24.0 Å². The molecule has 3 aromatic carbocycles. The molecule has 9 heteroatoms. The summed E-state index contributed by atoms with van der Waals surface area (Å²) in [6.45, 7) is 0. The van der Waals surface area contributed by atoms with Crippen LogP contribution in [0.2, 0.25) is 0 Å². The SMILES string of the molecule is COC(=O)[C@H]1Cc2ccc(cc2)Oc2cccc(c2)CC(=O)N[C@H](c2ccc(OC)c(I)c2)C(=O)N1. The zero-order valence-corrected chi connectivity index (χ0v) is 21.9. The number of hydrogen-bond acceptors (Lipinski definition) is 6. The van der Waals surface area contributed by atoms with Gasteiger partial charge in [-0.2, -0.15) is 0 Å². The molecule has 0 fully saturated rings. The van der Waals surface area contributed by atoms with Crippen LogP contribution in [0.3, 0.4) is 0 Å². The zero-order chi connectivity index (χ0) is 25.7. The number of halogens is 1. The van der Waals surface area contributed by atoms with Crippen LogP contribution in [0.5, 0.6) is 17.2 Å². The maximum absolute atomic E-state index is 13.5. The molecule has 0 aliphatic carbocycles. The Labute approximate surface area is 222 Å². The molecule has 0 radical (unpaired) electrons. The molecule has 2 N–H and O–H groups in total. The van der Waals surface area contributed by atoms with Gasteiger partial charge in [-0.3, -0.25) is 9.59 Å². The predicted octanol–water partition coefficient (Wildman–Crippen LogP) is 3.71. The normalized spacial score (nSPS) is 18.0. The van der Waals surface area contributed by atoms with Gasteiger partial charge in [0.25, 0.3) is 0 Å². The molecule has 0 spiro atoms. The molecule has 2 atom stereocenters. The summed E-state index contributed by atoms with van der Waals surface area (Å²) in [6.07, 6.45) is 0.239. The molecule has 5 rings (SSSR count). The molecule has 0 aromatic heterocycles. The highest BCUT2D eigenvalue weighted by Gasteiger charge is 2.29. The number of ether oxygens (including phenoxy) is 3. The van der Waals surface area contributed by atoms with Crippen LogP contribution >= 0.6 is 22.6 Å². The van der Waals surface area contributed by atoms with Gasteiger partial charge < -0.3 is 24.8 Å². The van der Waals surface area contributed by atoms with E-state index in [0.717, 1.165) is 14.7 Å². The minimum absolute atomic E-state index is 0.0353. The number of carbonyl (C=O) groups is 3. The molecule has 36 heavy (non-hydrogen) atoms. The topological polar surface area (TPSA) is 103 Å². The summed E-state index contributed by atoms with van der Waals surface area (Å²) >= 11 is 2.10. The molecule has 2 amide bonds. The molecule has 4 bridgehead atoms. The number of carbonyl (C=O) groups excluding carboxylic acids is 3. The van der Waals surface area contributed by atoms with Gasteiger partial charge in [0.15, 0.2) is 0 Å². The van der Waals surface area contributed by atoms with Crippen LogP contribution in [0, 0.1) is 3.57 Å². The Morgan fingerprint density at radius 2 is 1.72 bits per heavy atom. The Balaban J connectivity index is 1.74. The van der Waals surface area contributed by atoms with Crippen LogP contribution in [0.1, 0.15) is 22.7 Å². The quantitative estimate of drug-likeness (QED) is 0.351. The molecule has 2 heterocycles. The van der Waals surface area contributed by atoms with Crippen LogP contribution in [0.25, 0.3) is 0 Å². The summed E-state index contributed by atoms with van der Waals surface area (Å²) in [6, 6.07) is 17.7. The molecule has 2 aliphatic heterocycles. The molecular formula is C27H25IN2O6. The van der Waals surface area contributed by atoms with Gasteiger partial charge in [-0.15, -0.1) is 0 Å². The van der Waals surface area contributed by atoms with Gasteiger partial charge in [-0.05, 0) is 75.7 Å². The first-order valence-electron chi connectivity index (χ1n) is 11.2. The van der Waals surface area contributed by atoms with Crippen molar-refractivity contribution in [3.63, 3.8) is 0 Å². The van der Waals surface area contributed by atoms with Gasteiger partial charge in [-0.25, -0.2) is 4.79 Å². The van der Waals surface area contributed by atoms with E-state index in [9.17, 15) is 14.4 Å². The number of esters is 1. The van der Waals surface area contributed by atoms with E-state index in [2.05, 4.69) is 33.2 Å². The fourth-order valence-electron chi connectivity index (χ4n) is 3.93. The van der Waals surface area contributed by atoms with Gasteiger partial charge in [0.1, 0.15) is 29.3 Å². The van der Waals surface area contributed by atoms with E-state index >= 15 is 0 Å². The molecule has 2 aliphatic rings. The highest BCUT2D eigenvalue weighted by Crippen LogP contribution is 2.27. The van der Waals surface area contributed by atoms with Crippen LogP contribution in [0.4, 0.5) is 0 Å². The first-order valence-corrected chi connectivity index (χ1v) is 12.3. The summed E-state index contributed by atoms with van der Waals surface area (Å²) in [7, 11) is 2.83. The largest absolute Gasteiger partial charge is 0.496 e. The summed E-state index contributed by atoms with van der Waals surface area (Å²) in [5, 5.41) is 5.59. The number of amides is 2. The molecule has 3 aromatic rings. The van der Waals surface area contributed by atoms with Crippen molar-refractivity contribution >= 4 is 40.4 Å². The van der Waals surface area contributed by atoms with E-state index in [1.54, 1.807) is 49.6 Å². The smallest absolute Gasteiger partial charge is 0.328 e. The number of nitrogens with one attached hydrogen (secondary N) is 2. The lowest BCUT2D eigenvalue weighted by molar-refractivity contribution is -0.145. The van der Waals surface area contributed by atoms with Crippen molar-refractivity contribution in [3.8, 4) is 17.2 Å². The van der Waals surface area contributed by atoms with Crippen molar-refractivity contribution in [2.24, 2.45) is 0 Å². The lowest BCUT2D eigenvalue weighted by Crippen LogP contribution is -2.48. The van der Waals surface area contributed by atoms with Crippen LogP contribution < -0.4 is 20.1 Å². The van der Waals surface area contributed by atoms with Gasteiger partial charge >= 0.3 is 5.97 Å². The second-order valence-electron chi connectivity index (χ2n) is 8.25. The van der Waals surface area contributed by atoms with Crippen molar-refractivity contribution in [1.82, 2.24) is 10.6 Å². The lowest BCUT2D eigenvalue weighted by Gasteiger charge is -2.23. The number of benzene rings is 3. The lowest BCUT2D eigenvalue weighted by atomic mass is 10.0. The number of hydrogen-bond donors (Lipinski definition) is 2. The summed E-state index contributed by atoms with van der Waals surface area (Å²) < 4.78 is 17.0. The van der Waals surface area contributed by atoms with Crippen molar-refractivity contribution in [3.05, 3.63) is 87.0 Å². The average Bonchev–Trinajstić information content (AvgIpc) is 2.87. The van der Waals surface area contributed by atoms with E-state index in [1.807, 2.05) is 24.3 Å². The van der Waals surface area contributed by atoms with E-state index in [-0.39, 0.29) is 18.7 Å². The van der Waals surface area contributed by atoms with Crippen LogP contribution in [0.15, 0.2) is 66.7 Å². The third kappa shape index (κ3) is 6.14. The highest BCUT2D eigenvalue weighted by atomic mass is 127. The number of methoxy groups -OCH3 is 2. The number of rotatable bonds is 3. The standard InChI is InChI=1S/C27H25IN2O6/c1-34-23-11-8-18(15-21(23)28)25-26(32)29-22(27(33)35-2)13-16-6-9-19(10-7-16)36-20-5-3-4-17(12-20)14-24(31)30-25/h3-12,15,22,25H,13-14H2,1-2H3,(H,29,32)(H,30,31)/t22-,25-/m1/s1. The Bertz CT molecular complexity index is 1280. The molecule has 0 unspecified atom stereocenters. The van der Waals surface area contributed by atoms with E-state index in [0.29, 0.717) is 22.8 Å². The second kappa shape index (κ2) is 11.4. The van der Waals surface area contributed by atoms with Gasteiger partial charge in [0, 0.05) is 6.42 Å². The minimum Gasteiger partial charge on any atom is -0.496 e. The van der Waals surface area contributed by atoms with E-state index in [4.69, 9.17) is 14.2 Å². The van der Waals surface area contributed by atoms with Crippen molar-refractivity contribution in [2.75, 3.05) is 14.2 Å². The average molecular weight is 600 g/mol. The fourth-order valence-corrected chi connectivity index (χ4v) is 4.69. The second-order valence-corrected chi connectivity index (χ2v) is 9.42. The molecule has 0 saturated carbocycles. The van der Waals surface area contributed by atoms with Crippen LogP contribution in [-0.4, -0.2) is 38.0 Å². The Morgan fingerprint density at radius 3 is 2.42 bits per heavy atom. The summed E-state index contributed by atoms with van der Waals surface area (Å²) in [5.41, 5.74) is 2.08. The zero-order valence-electron chi connectivity index (χ0n) is 19.7. The fraction of sp³-hybridized carbons (Fsp3) is 0.222. The Morgan fingerprint density at radius 1 is 0.944 bits per heavy atom. The van der Waals surface area contributed by atoms with Gasteiger partial charge in [-0.1, -0.05) is 30.3 Å². The maximum atomic E-state index is 13.5. The predicted molar refractivity (Wildman–Crippen MR) is 141 cm³/mol. The summed E-state index contributed by atoms with van der Waals surface area (Å²) in [4.78, 5) is 39.1. The Kier molecular flexibility index (Phi) is 8.09. The Hall–Kier alpha value is -3.60. The summed E-state index contributed by atoms with van der Waals surface area (Å²) in [5.74, 6) is 0.372. The molecule has 186 valence electrons. The molecule has 0 saturated heterocycles. The number of fused-ring (bicyclic) bond motifs is 9. The van der Waals surface area contributed by atoms with Crippen molar-refractivity contribution in [2.45, 2.75) is 24.9 Å². The van der Waals surface area contributed by atoms with Crippen molar-refractivity contribution in [1.29, 1.82) is 0 Å².